The molecule has 0 aromatic carbocycles. The van der Waals surface area contributed by atoms with Crippen LogP contribution in [0.15, 0.2) is 46.7 Å². The lowest BCUT2D eigenvalue weighted by Gasteiger charge is -2.42. The van der Waals surface area contributed by atoms with Crippen LogP contribution in [0.5, 0.6) is 0 Å². The number of aliphatic hydroxyl groups is 1. The lowest BCUT2D eigenvalue weighted by atomic mass is 9.70. The van der Waals surface area contributed by atoms with Crippen molar-refractivity contribution in [3.63, 3.8) is 0 Å². The highest BCUT2D eigenvalue weighted by Gasteiger charge is 2.40. The van der Waals surface area contributed by atoms with Crippen molar-refractivity contribution in [2.24, 2.45) is 22.8 Å². The predicted molar refractivity (Wildman–Crippen MR) is 127 cm³/mol. The van der Waals surface area contributed by atoms with E-state index in [4.69, 9.17) is 10.6 Å². The first kappa shape index (κ1) is 24.0. The Labute approximate surface area is 196 Å². The van der Waals surface area contributed by atoms with Crippen molar-refractivity contribution < 1.29 is 15.1 Å². The molecule has 5 unspecified atom stereocenters. The van der Waals surface area contributed by atoms with Gasteiger partial charge in [-0.15, -0.1) is 5.17 Å². The Balaban J connectivity index is 1.62. The molecule has 1 aromatic rings. The monoisotopic (exact) mass is 455 g/mol. The summed E-state index contributed by atoms with van der Waals surface area (Å²) in [7, 11) is 0. The third-order valence-corrected chi connectivity index (χ3v) is 7.13. The van der Waals surface area contributed by atoms with Crippen LogP contribution in [0.1, 0.15) is 57.2 Å². The average Bonchev–Trinajstić information content (AvgIpc) is 2.81. The van der Waals surface area contributed by atoms with Gasteiger partial charge in [-0.3, -0.25) is 10.2 Å². The highest BCUT2D eigenvalue weighted by Crippen LogP contribution is 2.40. The van der Waals surface area contributed by atoms with Crippen LogP contribution >= 0.6 is 0 Å². The van der Waals surface area contributed by atoms with Crippen molar-refractivity contribution in [3.8, 4) is 0 Å². The fourth-order valence-corrected chi connectivity index (χ4v) is 5.29. The van der Waals surface area contributed by atoms with Gasteiger partial charge in [0.05, 0.1) is 30.5 Å². The van der Waals surface area contributed by atoms with E-state index < -0.39 is 12.1 Å². The van der Waals surface area contributed by atoms with E-state index in [-0.39, 0.29) is 17.9 Å². The number of pyridine rings is 1. The van der Waals surface area contributed by atoms with Crippen molar-refractivity contribution in [1.29, 1.82) is 0 Å². The molecule has 1 aliphatic heterocycles. The molecule has 0 bridgehead atoms. The van der Waals surface area contributed by atoms with E-state index in [1.807, 2.05) is 6.20 Å². The number of rotatable bonds is 6. The normalized spacial score (nSPS) is 31.5. The summed E-state index contributed by atoms with van der Waals surface area (Å²) in [5, 5.41) is 26.7. The Kier molecular flexibility index (Phi) is 7.61. The summed E-state index contributed by atoms with van der Waals surface area (Å²) >= 11 is 0. The van der Waals surface area contributed by atoms with E-state index >= 15 is 0 Å². The molecule has 5 N–H and O–H groups in total. The van der Waals surface area contributed by atoms with Gasteiger partial charge in [-0.2, -0.15) is 5.10 Å². The second-order valence-electron chi connectivity index (χ2n) is 9.78. The maximum atomic E-state index is 11.1. The fraction of sp³-hybridized carbons (Fsp3) is 0.600. The number of aromatic nitrogens is 1. The number of nitrogens with one attached hydrogen (secondary N) is 1. The van der Waals surface area contributed by atoms with Crippen LogP contribution in [-0.4, -0.2) is 57.6 Å². The molecule has 2 heterocycles. The Morgan fingerprint density at radius 3 is 2.94 bits per heavy atom. The van der Waals surface area contributed by atoms with Gasteiger partial charge in [0.25, 0.3) is 0 Å². The van der Waals surface area contributed by atoms with E-state index in [0.717, 1.165) is 29.3 Å². The van der Waals surface area contributed by atoms with Crippen LogP contribution < -0.4 is 11.3 Å². The smallest absolute Gasteiger partial charge is 0.0957 e. The zero-order valence-corrected chi connectivity index (χ0v) is 19.8. The van der Waals surface area contributed by atoms with E-state index in [2.05, 4.69) is 60.6 Å². The van der Waals surface area contributed by atoms with Gasteiger partial charge in [-0.1, -0.05) is 38.5 Å². The summed E-state index contributed by atoms with van der Waals surface area (Å²) in [6, 6.07) is 3.47. The number of aliphatic hydroxyl groups excluding tert-OH is 1. The summed E-state index contributed by atoms with van der Waals surface area (Å²) < 4.78 is 5.49. The number of ether oxygens (including phenoxy) is 1. The van der Waals surface area contributed by atoms with Gasteiger partial charge >= 0.3 is 0 Å². The van der Waals surface area contributed by atoms with Crippen LogP contribution in [-0.2, 0) is 11.2 Å². The highest BCUT2D eigenvalue weighted by atomic mass is 16.5. The van der Waals surface area contributed by atoms with Crippen LogP contribution in [0.25, 0.3) is 0 Å². The van der Waals surface area contributed by atoms with E-state index in [9.17, 15) is 10.3 Å². The molecule has 3 aliphatic rings. The molecule has 33 heavy (non-hydrogen) atoms. The number of hydroxylamine groups is 1. The van der Waals surface area contributed by atoms with Gasteiger partial charge in [0.15, 0.2) is 0 Å². The Morgan fingerprint density at radius 2 is 2.21 bits per heavy atom. The minimum Gasteiger partial charge on any atom is -0.391 e. The zero-order chi connectivity index (χ0) is 23.5. The van der Waals surface area contributed by atoms with Crippen LogP contribution in [0.4, 0.5) is 0 Å². The summed E-state index contributed by atoms with van der Waals surface area (Å²) in [6.45, 7) is 7.31. The number of allylic oxidation sites excluding steroid dienone is 3. The lowest BCUT2D eigenvalue weighted by molar-refractivity contribution is -0.184. The minimum atomic E-state index is -0.580. The molecule has 1 saturated heterocycles. The Hall–Kier alpha value is -2.10. The molecule has 4 rings (SSSR count). The molecule has 1 fully saturated rings. The maximum absolute atomic E-state index is 11.1. The molecule has 8 heteroatoms. The first-order valence-electron chi connectivity index (χ1n) is 12.0. The molecule has 5 atom stereocenters. The minimum absolute atomic E-state index is 0.169. The van der Waals surface area contributed by atoms with Gasteiger partial charge in [-0.05, 0) is 60.8 Å². The van der Waals surface area contributed by atoms with Gasteiger partial charge in [0.2, 0.25) is 0 Å². The number of nitrogens with zero attached hydrogens (tertiary/aromatic N) is 3. The molecule has 2 aliphatic carbocycles. The molecule has 8 nitrogen and oxygen atoms in total. The zero-order valence-electron chi connectivity index (χ0n) is 19.8. The largest absolute Gasteiger partial charge is 0.391 e. The van der Waals surface area contributed by atoms with Crippen LogP contribution in [0, 0.1) is 11.8 Å². The van der Waals surface area contributed by atoms with Crippen molar-refractivity contribution in [2.45, 2.75) is 70.6 Å². The van der Waals surface area contributed by atoms with E-state index in [1.165, 1.54) is 11.1 Å². The Bertz CT molecular complexity index is 928. The van der Waals surface area contributed by atoms with Gasteiger partial charge < -0.3 is 15.7 Å². The summed E-state index contributed by atoms with van der Waals surface area (Å²) in [4.78, 5) is 4.51. The second-order valence-corrected chi connectivity index (χ2v) is 9.78. The average molecular weight is 456 g/mol. The lowest BCUT2D eigenvalue weighted by Crippen LogP contribution is -2.59. The Morgan fingerprint density at radius 1 is 1.39 bits per heavy atom. The molecule has 0 amide bonds. The van der Waals surface area contributed by atoms with E-state index in [1.54, 1.807) is 0 Å². The first-order chi connectivity index (χ1) is 15.9. The number of hydrazone groups is 1. The SMILES string of the molecule is CC1C=CCC2=C1/C(=N\N)C(N(O)NC1COCCC1O)CC2Cc1ccnc(C(C)C)c1. The predicted octanol–water partition coefficient (Wildman–Crippen LogP) is 2.69. The first-order valence-corrected chi connectivity index (χ1v) is 12.0. The topological polar surface area (TPSA) is 116 Å². The summed E-state index contributed by atoms with van der Waals surface area (Å²) in [5.41, 5.74) is 8.56. The van der Waals surface area contributed by atoms with Gasteiger partial charge in [-0.25, -0.2) is 5.43 Å². The number of hydrogen-bond acceptors (Lipinski definition) is 8. The fourth-order valence-electron chi connectivity index (χ4n) is 5.29. The van der Waals surface area contributed by atoms with Crippen molar-refractivity contribution in [3.05, 3.63) is 52.9 Å². The van der Waals surface area contributed by atoms with Crippen molar-refractivity contribution in [2.75, 3.05) is 13.2 Å². The molecule has 0 saturated carbocycles. The third kappa shape index (κ3) is 5.20. The summed E-state index contributed by atoms with van der Waals surface area (Å²) in [6.07, 6.45) is 8.65. The second kappa shape index (κ2) is 10.4. The standard InChI is InChI=1S/C25H37N5O3/c1-15(2)20-12-17(7-9-27-20)11-18-13-22(30(32)29-21-14-33-10-8-23(21)31)25(28-26)24-16(3)5-4-6-19(18)24/h4-5,7,9,12,15-16,18,21-23,29,31-32H,6,8,10-11,13-14,26H2,1-3H3/b28-25-. The third-order valence-electron chi connectivity index (χ3n) is 7.13. The van der Waals surface area contributed by atoms with Gasteiger partial charge in [0, 0.05) is 24.4 Å². The van der Waals surface area contributed by atoms with Crippen molar-refractivity contribution in [1.82, 2.24) is 15.6 Å². The quantitative estimate of drug-likeness (QED) is 0.296. The number of nitrogens with two attached hydrogens (primary N) is 1. The molecule has 0 spiro atoms. The summed E-state index contributed by atoms with van der Waals surface area (Å²) in [5.74, 6) is 6.66. The number of hydrogen-bond donors (Lipinski definition) is 4. The van der Waals surface area contributed by atoms with E-state index in [0.29, 0.717) is 37.7 Å². The number of hydrazine groups is 1. The molecular formula is C25H37N5O3. The molecular weight excluding hydrogens is 418 g/mol. The maximum Gasteiger partial charge on any atom is 0.0957 e. The van der Waals surface area contributed by atoms with Gasteiger partial charge in [0.1, 0.15) is 0 Å². The van der Waals surface area contributed by atoms with Crippen molar-refractivity contribution >= 4 is 5.71 Å². The van der Waals surface area contributed by atoms with Crippen LogP contribution in [0.2, 0.25) is 0 Å². The molecule has 180 valence electrons. The molecule has 1 aromatic heterocycles. The highest BCUT2D eigenvalue weighted by molar-refractivity contribution is 6.06. The molecule has 0 radical (unpaired) electrons. The van der Waals surface area contributed by atoms with Crippen LogP contribution in [0.3, 0.4) is 0 Å².